The Labute approximate surface area is 109 Å². The van der Waals surface area contributed by atoms with E-state index in [9.17, 15) is 0 Å². The van der Waals surface area contributed by atoms with Gasteiger partial charge in [0.05, 0.1) is 17.7 Å². The summed E-state index contributed by atoms with van der Waals surface area (Å²) in [5.74, 6) is 0. The molecular formula is C14H20N4. The molecule has 1 saturated heterocycles. The first kappa shape index (κ1) is 12.9. The van der Waals surface area contributed by atoms with Crippen molar-refractivity contribution in [3.8, 4) is 6.07 Å². The second kappa shape index (κ2) is 5.38. The summed E-state index contributed by atoms with van der Waals surface area (Å²) in [6, 6.07) is 8.58. The third kappa shape index (κ3) is 2.47. The van der Waals surface area contributed by atoms with Gasteiger partial charge in [-0.3, -0.25) is 0 Å². The van der Waals surface area contributed by atoms with E-state index in [1.807, 2.05) is 19.1 Å². The number of aryl methyl sites for hydroxylation is 1. The molecule has 0 aromatic heterocycles. The number of nitrogens with zero attached hydrogens (tertiary/aromatic N) is 3. The number of benzene rings is 1. The molecule has 0 amide bonds. The zero-order valence-electron chi connectivity index (χ0n) is 11.1. The molecule has 0 bridgehead atoms. The zero-order valence-corrected chi connectivity index (χ0v) is 11.1. The van der Waals surface area contributed by atoms with E-state index < -0.39 is 0 Å². The highest BCUT2D eigenvalue weighted by Crippen LogP contribution is 2.22. The quantitative estimate of drug-likeness (QED) is 0.841. The molecule has 0 aliphatic carbocycles. The van der Waals surface area contributed by atoms with Crippen LogP contribution in [-0.4, -0.2) is 44.2 Å². The van der Waals surface area contributed by atoms with Gasteiger partial charge in [-0.1, -0.05) is 0 Å². The molecule has 0 saturated carbocycles. The lowest BCUT2D eigenvalue weighted by atomic mass is 10.1. The average Bonchev–Trinajstić information content (AvgIpc) is 2.38. The Morgan fingerprint density at radius 1 is 1.44 bits per heavy atom. The minimum Gasteiger partial charge on any atom is -0.365 e. The molecule has 2 rings (SSSR count). The number of piperazine rings is 1. The topological polar surface area (TPSA) is 56.3 Å². The van der Waals surface area contributed by atoms with Gasteiger partial charge in [-0.15, -0.1) is 0 Å². The number of rotatable bonds is 2. The van der Waals surface area contributed by atoms with Crippen LogP contribution in [0.2, 0.25) is 0 Å². The van der Waals surface area contributed by atoms with Crippen molar-refractivity contribution >= 4 is 5.69 Å². The molecule has 1 aliphatic rings. The first-order chi connectivity index (χ1) is 8.65. The van der Waals surface area contributed by atoms with Crippen LogP contribution in [0, 0.1) is 18.3 Å². The van der Waals surface area contributed by atoms with Crippen molar-refractivity contribution in [2.24, 2.45) is 5.73 Å². The summed E-state index contributed by atoms with van der Waals surface area (Å²) in [7, 11) is 2.13. The van der Waals surface area contributed by atoms with Crippen LogP contribution in [0.25, 0.3) is 0 Å². The fourth-order valence-electron chi connectivity index (χ4n) is 2.50. The van der Waals surface area contributed by atoms with Crippen LogP contribution in [0.5, 0.6) is 0 Å². The van der Waals surface area contributed by atoms with E-state index in [2.05, 4.69) is 29.0 Å². The van der Waals surface area contributed by atoms with Gasteiger partial charge in [-0.05, 0) is 37.7 Å². The van der Waals surface area contributed by atoms with Gasteiger partial charge >= 0.3 is 0 Å². The van der Waals surface area contributed by atoms with Crippen molar-refractivity contribution in [1.29, 1.82) is 5.26 Å². The Kier molecular flexibility index (Phi) is 3.85. The standard InChI is InChI=1S/C14H20N4/c1-11-7-13(4-3-12(11)8-15)18-6-5-17(2)10-14(18)9-16/h3-4,7,14H,5-6,9-10,16H2,1-2H3. The number of likely N-dealkylation sites (N-methyl/N-ethyl adjacent to an activating group) is 1. The van der Waals surface area contributed by atoms with Crippen molar-refractivity contribution in [3.05, 3.63) is 29.3 Å². The number of hydrogen-bond acceptors (Lipinski definition) is 4. The van der Waals surface area contributed by atoms with Gasteiger partial charge in [-0.2, -0.15) is 5.26 Å². The van der Waals surface area contributed by atoms with Gasteiger partial charge < -0.3 is 15.5 Å². The minimum atomic E-state index is 0.357. The van der Waals surface area contributed by atoms with Crippen LogP contribution in [0.4, 0.5) is 5.69 Å². The lowest BCUT2D eigenvalue weighted by Gasteiger charge is -2.41. The molecule has 1 aliphatic heterocycles. The maximum absolute atomic E-state index is 8.96. The van der Waals surface area contributed by atoms with Gasteiger partial charge in [0, 0.05) is 31.9 Å². The first-order valence-electron chi connectivity index (χ1n) is 6.31. The number of nitriles is 1. The smallest absolute Gasteiger partial charge is 0.0994 e. The second-order valence-corrected chi connectivity index (χ2v) is 4.96. The SMILES string of the molecule is Cc1cc(N2CCN(C)CC2CN)ccc1C#N. The molecule has 4 nitrogen and oxygen atoms in total. The van der Waals surface area contributed by atoms with Gasteiger partial charge in [0.2, 0.25) is 0 Å². The molecule has 96 valence electrons. The van der Waals surface area contributed by atoms with Crippen LogP contribution in [-0.2, 0) is 0 Å². The van der Waals surface area contributed by atoms with Crippen molar-refractivity contribution < 1.29 is 0 Å². The monoisotopic (exact) mass is 244 g/mol. The van der Waals surface area contributed by atoms with Crippen LogP contribution >= 0.6 is 0 Å². The van der Waals surface area contributed by atoms with Crippen molar-refractivity contribution in [1.82, 2.24) is 4.90 Å². The third-order valence-electron chi connectivity index (χ3n) is 3.62. The Morgan fingerprint density at radius 3 is 2.83 bits per heavy atom. The maximum atomic E-state index is 8.96. The lowest BCUT2D eigenvalue weighted by molar-refractivity contribution is 0.270. The molecule has 0 radical (unpaired) electrons. The second-order valence-electron chi connectivity index (χ2n) is 4.96. The number of anilines is 1. The first-order valence-corrected chi connectivity index (χ1v) is 6.31. The molecule has 1 atom stereocenters. The summed E-state index contributed by atoms with van der Waals surface area (Å²) in [4.78, 5) is 4.67. The fraction of sp³-hybridized carbons (Fsp3) is 0.500. The normalized spacial score (nSPS) is 20.8. The highest BCUT2D eigenvalue weighted by molar-refractivity contribution is 5.54. The van der Waals surface area contributed by atoms with E-state index in [4.69, 9.17) is 11.0 Å². The van der Waals surface area contributed by atoms with Crippen LogP contribution in [0.15, 0.2) is 18.2 Å². The summed E-state index contributed by atoms with van der Waals surface area (Å²) in [5.41, 5.74) is 8.82. The van der Waals surface area contributed by atoms with E-state index in [-0.39, 0.29) is 0 Å². The largest absolute Gasteiger partial charge is 0.365 e. The number of hydrogen-bond donors (Lipinski definition) is 1. The molecular weight excluding hydrogens is 224 g/mol. The van der Waals surface area contributed by atoms with Crippen molar-refractivity contribution in [3.63, 3.8) is 0 Å². The van der Waals surface area contributed by atoms with Gasteiger partial charge in [0.1, 0.15) is 0 Å². The Balaban J connectivity index is 2.25. The van der Waals surface area contributed by atoms with Crippen LogP contribution in [0.1, 0.15) is 11.1 Å². The third-order valence-corrected chi connectivity index (χ3v) is 3.62. The predicted molar refractivity (Wildman–Crippen MR) is 73.6 cm³/mol. The van der Waals surface area contributed by atoms with E-state index in [1.165, 1.54) is 5.69 Å². The molecule has 1 heterocycles. The molecule has 1 fully saturated rings. The highest BCUT2D eigenvalue weighted by Gasteiger charge is 2.24. The van der Waals surface area contributed by atoms with E-state index in [1.54, 1.807) is 0 Å². The van der Waals surface area contributed by atoms with Crippen LogP contribution < -0.4 is 10.6 Å². The minimum absolute atomic E-state index is 0.357. The highest BCUT2D eigenvalue weighted by atomic mass is 15.3. The molecule has 0 spiro atoms. The maximum Gasteiger partial charge on any atom is 0.0994 e. The molecule has 2 N–H and O–H groups in total. The Morgan fingerprint density at radius 2 is 2.22 bits per heavy atom. The molecule has 4 heteroatoms. The van der Waals surface area contributed by atoms with E-state index in [0.717, 1.165) is 30.8 Å². The Bertz CT molecular complexity index is 463. The summed E-state index contributed by atoms with van der Waals surface area (Å²) in [6.45, 7) is 5.67. The van der Waals surface area contributed by atoms with Gasteiger partial charge in [-0.25, -0.2) is 0 Å². The fourth-order valence-corrected chi connectivity index (χ4v) is 2.50. The summed E-state index contributed by atoms with van der Waals surface area (Å²) in [5, 5.41) is 8.96. The predicted octanol–water partition coefficient (Wildman–Crippen LogP) is 0.946. The molecule has 1 aromatic carbocycles. The van der Waals surface area contributed by atoms with Crippen molar-refractivity contribution in [2.45, 2.75) is 13.0 Å². The van der Waals surface area contributed by atoms with Crippen molar-refractivity contribution in [2.75, 3.05) is 38.1 Å². The van der Waals surface area contributed by atoms with Gasteiger partial charge in [0.15, 0.2) is 0 Å². The summed E-state index contributed by atoms with van der Waals surface area (Å²) in [6.07, 6.45) is 0. The molecule has 18 heavy (non-hydrogen) atoms. The van der Waals surface area contributed by atoms with E-state index >= 15 is 0 Å². The zero-order chi connectivity index (χ0) is 13.1. The lowest BCUT2D eigenvalue weighted by Crippen LogP contribution is -2.55. The molecule has 1 aromatic rings. The Hall–Kier alpha value is -1.57. The average molecular weight is 244 g/mol. The van der Waals surface area contributed by atoms with Gasteiger partial charge in [0.25, 0.3) is 0 Å². The van der Waals surface area contributed by atoms with E-state index in [0.29, 0.717) is 12.6 Å². The summed E-state index contributed by atoms with van der Waals surface area (Å²) < 4.78 is 0. The number of nitrogens with two attached hydrogens (primary N) is 1. The van der Waals surface area contributed by atoms with Crippen LogP contribution in [0.3, 0.4) is 0 Å². The molecule has 1 unspecified atom stereocenters. The summed E-state index contributed by atoms with van der Waals surface area (Å²) >= 11 is 0.